The summed E-state index contributed by atoms with van der Waals surface area (Å²) in [7, 11) is 0. The molecule has 1 spiro atoms. The Hall–Kier alpha value is -3.58. The lowest BCUT2D eigenvalue weighted by Gasteiger charge is -2.47. The van der Waals surface area contributed by atoms with E-state index in [1.807, 2.05) is 83.7 Å². The number of hydrazone groups is 2. The quantitative estimate of drug-likeness (QED) is 0.437. The third kappa shape index (κ3) is 3.47. The second-order valence-electron chi connectivity index (χ2n) is 8.03. The molecular weight excluding hydrogens is 444 g/mol. The number of thioether (sulfide) groups is 1. The van der Waals surface area contributed by atoms with Gasteiger partial charge in [-0.15, -0.1) is 0 Å². The highest BCUT2D eigenvalue weighted by atomic mass is 32.2. The van der Waals surface area contributed by atoms with Crippen LogP contribution in [0.3, 0.4) is 0 Å². The molecule has 2 aliphatic rings. The summed E-state index contributed by atoms with van der Waals surface area (Å²) < 4.78 is 5.37. The SMILES string of the molecule is CCOC(=O)C1=NN(c2ccccc2C)C2(S1)c1ccccc1C(CC)=NN2c1ccccc1. The molecule has 0 N–H and O–H groups in total. The maximum Gasteiger partial charge on any atom is 0.365 e. The van der Waals surface area contributed by atoms with Crippen LogP contribution in [0, 0.1) is 6.92 Å². The van der Waals surface area contributed by atoms with Crippen LogP contribution in [-0.2, 0) is 14.5 Å². The molecule has 0 aromatic heterocycles. The van der Waals surface area contributed by atoms with Crippen LogP contribution in [-0.4, -0.2) is 23.3 Å². The number of anilines is 2. The average molecular weight is 471 g/mol. The Morgan fingerprint density at radius 3 is 2.35 bits per heavy atom. The van der Waals surface area contributed by atoms with E-state index >= 15 is 0 Å². The highest BCUT2D eigenvalue weighted by molar-refractivity contribution is 8.16. The molecule has 0 fully saturated rings. The predicted octanol–water partition coefficient (Wildman–Crippen LogP) is 5.87. The van der Waals surface area contributed by atoms with Crippen LogP contribution in [0.15, 0.2) is 89.1 Å². The summed E-state index contributed by atoms with van der Waals surface area (Å²) in [6, 6.07) is 26.4. The highest BCUT2D eigenvalue weighted by Crippen LogP contribution is 2.55. The van der Waals surface area contributed by atoms with E-state index in [2.05, 4.69) is 19.1 Å². The van der Waals surface area contributed by atoms with Gasteiger partial charge >= 0.3 is 5.97 Å². The minimum absolute atomic E-state index is 0.285. The number of fused-ring (bicyclic) bond motifs is 2. The van der Waals surface area contributed by atoms with Gasteiger partial charge < -0.3 is 4.74 Å². The van der Waals surface area contributed by atoms with Crippen molar-refractivity contribution in [1.82, 2.24) is 0 Å². The van der Waals surface area contributed by atoms with Crippen LogP contribution < -0.4 is 10.0 Å². The normalized spacial score (nSPS) is 19.0. The molecule has 3 aromatic carbocycles. The molecule has 172 valence electrons. The minimum atomic E-state index is -0.940. The number of aryl methyl sites for hydroxylation is 1. The van der Waals surface area contributed by atoms with Crippen LogP contribution in [0.1, 0.15) is 37.0 Å². The number of rotatable bonds is 5. The minimum Gasteiger partial charge on any atom is -0.461 e. The monoisotopic (exact) mass is 470 g/mol. The first-order chi connectivity index (χ1) is 16.6. The molecule has 0 aliphatic carbocycles. The van der Waals surface area contributed by atoms with Crippen molar-refractivity contribution in [3.8, 4) is 0 Å². The lowest BCUT2D eigenvalue weighted by molar-refractivity contribution is -0.134. The maximum atomic E-state index is 13.0. The molecule has 7 heteroatoms. The van der Waals surface area contributed by atoms with Crippen molar-refractivity contribution in [1.29, 1.82) is 0 Å². The Bertz CT molecular complexity index is 1290. The Morgan fingerprint density at radius 1 is 0.912 bits per heavy atom. The Balaban J connectivity index is 1.81. The highest BCUT2D eigenvalue weighted by Gasteiger charge is 2.56. The Labute approximate surface area is 203 Å². The number of ether oxygens (including phenoxy) is 1. The summed E-state index contributed by atoms with van der Waals surface area (Å²) in [5.74, 6) is -0.432. The van der Waals surface area contributed by atoms with E-state index in [-0.39, 0.29) is 6.61 Å². The molecule has 2 aliphatic heterocycles. The summed E-state index contributed by atoms with van der Waals surface area (Å²) in [4.78, 5) is 12.0. The van der Waals surface area contributed by atoms with E-state index in [0.717, 1.165) is 40.2 Å². The number of benzene rings is 3. The number of hydrogen-bond donors (Lipinski definition) is 0. The summed E-state index contributed by atoms with van der Waals surface area (Å²) >= 11 is 1.37. The molecule has 0 bridgehead atoms. The van der Waals surface area contributed by atoms with Crippen molar-refractivity contribution >= 4 is 39.9 Å². The molecule has 1 unspecified atom stereocenters. The summed E-state index contributed by atoms with van der Waals surface area (Å²) in [5.41, 5.74) is 5.94. The topological polar surface area (TPSA) is 57.5 Å². The molecule has 34 heavy (non-hydrogen) atoms. The van der Waals surface area contributed by atoms with Gasteiger partial charge in [0.25, 0.3) is 0 Å². The van der Waals surface area contributed by atoms with Crippen molar-refractivity contribution in [2.45, 2.75) is 32.2 Å². The zero-order chi connectivity index (χ0) is 23.7. The summed E-state index contributed by atoms with van der Waals surface area (Å²) in [6.07, 6.45) is 0.775. The summed E-state index contributed by atoms with van der Waals surface area (Å²) in [5, 5.41) is 14.3. The van der Waals surface area contributed by atoms with Crippen molar-refractivity contribution in [2.75, 3.05) is 16.6 Å². The van der Waals surface area contributed by atoms with E-state index in [4.69, 9.17) is 14.9 Å². The second kappa shape index (κ2) is 8.99. The smallest absolute Gasteiger partial charge is 0.365 e. The number of hydrogen-bond acceptors (Lipinski definition) is 7. The molecule has 0 amide bonds. The van der Waals surface area contributed by atoms with Crippen molar-refractivity contribution in [3.63, 3.8) is 0 Å². The van der Waals surface area contributed by atoms with Gasteiger partial charge in [-0.2, -0.15) is 10.2 Å². The number of esters is 1. The van der Waals surface area contributed by atoms with E-state index < -0.39 is 11.0 Å². The lowest BCUT2D eigenvalue weighted by Crippen LogP contribution is -2.54. The fourth-order valence-corrected chi connectivity index (χ4v) is 5.67. The molecule has 5 rings (SSSR count). The van der Waals surface area contributed by atoms with Gasteiger partial charge in [0.2, 0.25) is 10.0 Å². The number of carbonyl (C=O) groups is 1. The van der Waals surface area contributed by atoms with Gasteiger partial charge in [0.1, 0.15) is 0 Å². The molecule has 3 aromatic rings. The molecule has 0 radical (unpaired) electrons. The van der Waals surface area contributed by atoms with Gasteiger partial charge in [-0.25, -0.2) is 14.8 Å². The van der Waals surface area contributed by atoms with E-state index in [1.54, 1.807) is 6.92 Å². The fraction of sp³-hybridized carbons (Fsp3) is 0.222. The molecule has 2 heterocycles. The van der Waals surface area contributed by atoms with Crippen molar-refractivity contribution in [3.05, 3.63) is 95.6 Å². The van der Waals surface area contributed by atoms with Crippen LogP contribution in [0.5, 0.6) is 0 Å². The first-order valence-corrected chi connectivity index (χ1v) is 12.2. The van der Waals surface area contributed by atoms with Crippen molar-refractivity contribution < 1.29 is 9.53 Å². The van der Waals surface area contributed by atoms with E-state index in [0.29, 0.717) is 5.04 Å². The molecule has 0 saturated heterocycles. The van der Waals surface area contributed by atoms with E-state index in [1.165, 1.54) is 11.8 Å². The van der Waals surface area contributed by atoms with Crippen LogP contribution in [0.2, 0.25) is 0 Å². The Kier molecular flexibility index (Phi) is 5.87. The maximum absolute atomic E-state index is 13.0. The predicted molar refractivity (Wildman–Crippen MR) is 139 cm³/mol. The zero-order valence-electron chi connectivity index (χ0n) is 19.4. The standard InChI is InChI=1S/C27H26N4O2S/c1-4-23-21-16-10-11-17-22(21)27(30(28-23)20-14-7-6-8-15-20)31(24-18-12-9-13-19(24)3)29-25(34-27)26(32)33-5-2/h6-18H,4-5H2,1-3H3. The first-order valence-electron chi connectivity index (χ1n) is 11.4. The third-order valence-corrected chi connectivity index (χ3v) is 7.23. The molecular formula is C27H26N4O2S. The van der Waals surface area contributed by atoms with Gasteiger partial charge in [-0.3, -0.25) is 0 Å². The molecule has 1 atom stereocenters. The second-order valence-corrected chi connectivity index (χ2v) is 9.19. The molecule has 0 saturated carbocycles. The van der Waals surface area contributed by atoms with Gasteiger partial charge in [-0.1, -0.05) is 67.6 Å². The largest absolute Gasteiger partial charge is 0.461 e. The fourth-order valence-electron chi connectivity index (χ4n) is 4.39. The van der Waals surface area contributed by atoms with Crippen LogP contribution >= 0.6 is 11.8 Å². The van der Waals surface area contributed by atoms with Gasteiger partial charge in [0, 0.05) is 11.1 Å². The van der Waals surface area contributed by atoms with Crippen LogP contribution in [0.25, 0.3) is 0 Å². The average Bonchev–Trinajstić information content (AvgIpc) is 3.26. The number of nitrogens with zero attached hydrogens (tertiary/aromatic N) is 4. The number of para-hydroxylation sites is 2. The first kappa shape index (κ1) is 22.2. The summed E-state index contributed by atoms with van der Waals surface area (Å²) in [6.45, 7) is 6.25. The third-order valence-electron chi connectivity index (χ3n) is 5.94. The van der Waals surface area contributed by atoms with Crippen molar-refractivity contribution in [2.24, 2.45) is 10.2 Å². The Morgan fingerprint density at radius 2 is 1.62 bits per heavy atom. The molecule has 6 nitrogen and oxygen atoms in total. The van der Waals surface area contributed by atoms with Gasteiger partial charge in [0.05, 0.1) is 23.7 Å². The zero-order valence-corrected chi connectivity index (χ0v) is 20.2. The lowest BCUT2D eigenvalue weighted by atomic mass is 9.96. The van der Waals surface area contributed by atoms with E-state index in [9.17, 15) is 4.79 Å². The van der Waals surface area contributed by atoms with Crippen LogP contribution in [0.4, 0.5) is 11.4 Å². The van der Waals surface area contributed by atoms with Gasteiger partial charge in [-0.05, 0) is 55.8 Å². The number of carbonyl (C=O) groups excluding carboxylic acids is 1. The van der Waals surface area contributed by atoms with Gasteiger partial charge in [0.15, 0.2) is 0 Å².